The van der Waals surface area contributed by atoms with Gasteiger partial charge in [-0.25, -0.2) is 9.97 Å². The van der Waals surface area contributed by atoms with Crippen LogP contribution in [0.4, 0.5) is 0 Å². The summed E-state index contributed by atoms with van der Waals surface area (Å²) < 4.78 is 5.23. The van der Waals surface area contributed by atoms with Crippen LogP contribution in [0.25, 0.3) is 10.8 Å². The number of aromatic amines is 1. The van der Waals surface area contributed by atoms with Crippen molar-refractivity contribution in [3.8, 4) is 10.8 Å². The van der Waals surface area contributed by atoms with E-state index in [9.17, 15) is 4.79 Å². The summed E-state index contributed by atoms with van der Waals surface area (Å²) in [5, 5.41) is 5.13. The van der Waals surface area contributed by atoms with Crippen molar-refractivity contribution in [1.29, 1.82) is 0 Å². The maximum Gasteiger partial charge on any atom is 0.271 e. The molecule has 96 valence electrons. The molecule has 0 aliphatic heterocycles. The largest absolute Gasteiger partial charge is 0.462 e. The standard InChI is InChI=1S/C12H10N4O2S/c17-11(15-6-10-13-3-4-14-10)8-7-19-12(16-8)9-2-1-5-18-9/h1-5,7H,6H2,(H,13,14)(H,15,17). The number of hydrogen-bond acceptors (Lipinski definition) is 5. The molecule has 0 saturated heterocycles. The molecule has 0 unspecified atom stereocenters. The van der Waals surface area contributed by atoms with Crippen LogP contribution in [0.5, 0.6) is 0 Å². The molecule has 0 atom stereocenters. The van der Waals surface area contributed by atoms with Crippen LogP contribution in [-0.4, -0.2) is 20.9 Å². The molecule has 7 heteroatoms. The Morgan fingerprint density at radius 2 is 2.47 bits per heavy atom. The molecule has 3 aromatic rings. The van der Waals surface area contributed by atoms with E-state index in [1.165, 1.54) is 11.3 Å². The molecule has 0 saturated carbocycles. The summed E-state index contributed by atoms with van der Waals surface area (Å²) in [6, 6.07) is 3.59. The summed E-state index contributed by atoms with van der Waals surface area (Å²) in [4.78, 5) is 23.1. The van der Waals surface area contributed by atoms with Gasteiger partial charge in [-0.05, 0) is 12.1 Å². The highest BCUT2D eigenvalue weighted by molar-refractivity contribution is 7.13. The van der Waals surface area contributed by atoms with Crippen molar-refractivity contribution in [1.82, 2.24) is 20.3 Å². The number of carbonyl (C=O) groups is 1. The third-order valence-corrected chi connectivity index (χ3v) is 3.30. The number of hydrogen-bond donors (Lipinski definition) is 2. The lowest BCUT2D eigenvalue weighted by Gasteiger charge is -1.99. The predicted molar refractivity (Wildman–Crippen MR) is 69.6 cm³/mol. The van der Waals surface area contributed by atoms with Crippen LogP contribution >= 0.6 is 11.3 Å². The average Bonchev–Trinajstić information content (AvgIpc) is 3.14. The van der Waals surface area contributed by atoms with Gasteiger partial charge in [0.05, 0.1) is 12.8 Å². The molecule has 0 spiro atoms. The fraction of sp³-hybridized carbons (Fsp3) is 0.0833. The van der Waals surface area contributed by atoms with Gasteiger partial charge in [0.15, 0.2) is 10.8 Å². The van der Waals surface area contributed by atoms with Gasteiger partial charge < -0.3 is 14.7 Å². The van der Waals surface area contributed by atoms with Crippen LogP contribution in [0.3, 0.4) is 0 Å². The van der Waals surface area contributed by atoms with Gasteiger partial charge in [-0.2, -0.15) is 0 Å². The van der Waals surface area contributed by atoms with E-state index in [0.717, 1.165) is 0 Å². The molecule has 6 nitrogen and oxygen atoms in total. The minimum atomic E-state index is -0.231. The van der Waals surface area contributed by atoms with Crippen LogP contribution < -0.4 is 5.32 Å². The van der Waals surface area contributed by atoms with Gasteiger partial charge in [0.2, 0.25) is 0 Å². The van der Waals surface area contributed by atoms with E-state index in [2.05, 4.69) is 20.3 Å². The molecule has 3 heterocycles. The first-order chi connectivity index (χ1) is 9.33. The summed E-state index contributed by atoms with van der Waals surface area (Å²) in [5.74, 6) is 1.13. The minimum absolute atomic E-state index is 0.231. The average molecular weight is 274 g/mol. The highest BCUT2D eigenvalue weighted by atomic mass is 32.1. The summed E-state index contributed by atoms with van der Waals surface area (Å²) >= 11 is 1.37. The number of imidazole rings is 1. The molecule has 0 aliphatic rings. The molecule has 3 rings (SSSR count). The number of nitrogens with one attached hydrogen (secondary N) is 2. The second-order valence-electron chi connectivity index (χ2n) is 3.73. The van der Waals surface area contributed by atoms with Crippen molar-refractivity contribution in [2.75, 3.05) is 0 Å². The molecule has 3 aromatic heterocycles. The normalized spacial score (nSPS) is 10.5. The molecule has 0 aromatic carbocycles. The topological polar surface area (TPSA) is 83.8 Å². The fourth-order valence-electron chi connectivity index (χ4n) is 1.54. The maximum absolute atomic E-state index is 11.9. The van der Waals surface area contributed by atoms with E-state index in [1.54, 1.807) is 30.1 Å². The van der Waals surface area contributed by atoms with Crippen LogP contribution in [0.1, 0.15) is 16.3 Å². The zero-order valence-electron chi connectivity index (χ0n) is 9.79. The Labute approximate surface area is 112 Å². The van der Waals surface area contributed by atoms with Crippen LogP contribution in [0.15, 0.2) is 40.6 Å². The smallest absolute Gasteiger partial charge is 0.271 e. The molecule has 19 heavy (non-hydrogen) atoms. The minimum Gasteiger partial charge on any atom is -0.462 e. The van der Waals surface area contributed by atoms with E-state index in [1.807, 2.05) is 6.07 Å². The first-order valence-electron chi connectivity index (χ1n) is 5.59. The second-order valence-corrected chi connectivity index (χ2v) is 4.59. The lowest BCUT2D eigenvalue weighted by molar-refractivity contribution is 0.0945. The number of aromatic nitrogens is 3. The molecular weight excluding hydrogens is 264 g/mol. The molecular formula is C12H10N4O2S. The summed E-state index contributed by atoms with van der Waals surface area (Å²) in [6.45, 7) is 0.347. The molecule has 1 amide bonds. The van der Waals surface area contributed by atoms with E-state index in [-0.39, 0.29) is 5.91 Å². The Morgan fingerprint density at radius 3 is 3.21 bits per heavy atom. The van der Waals surface area contributed by atoms with Gasteiger partial charge in [-0.15, -0.1) is 11.3 Å². The van der Waals surface area contributed by atoms with Crippen molar-refractivity contribution in [3.63, 3.8) is 0 Å². The van der Waals surface area contributed by atoms with Gasteiger partial charge in [0.25, 0.3) is 5.91 Å². The number of amides is 1. The first kappa shape index (κ1) is 11.7. The summed E-state index contributed by atoms with van der Waals surface area (Å²) in [7, 11) is 0. The lowest BCUT2D eigenvalue weighted by atomic mass is 10.4. The molecule has 0 radical (unpaired) electrons. The van der Waals surface area contributed by atoms with E-state index >= 15 is 0 Å². The Balaban J connectivity index is 1.67. The van der Waals surface area contributed by atoms with E-state index < -0.39 is 0 Å². The summed E-state index contributed by atoms with van der Waals surface area (Å²) in [6.07, 6.45) is 4.92. The van der Waals surface area contributed by atoms with E-state index in [0.29, 0.717) is 28.8 Å². The van der Waals surface area contributed by atoms with Crippen molar-refractivity contribution in [2.45, 2.75) is 6.54 Å². The Morgan fingerprint density at radius 1 is 1.53 bits per heavy atom. The van der Waals surface area contributed by atoms with Gasteiger partial charge in [-0.1, -0.05) is 0 Å². The Bertz CT molecular complexity index is 658. The highest BCUT2D eigenvalue weighted by Gasteiger charge is 2.13. The van der Waals surface area contributed by atoms with Crippen LogP contribution in [0, 0.1) is 0 Å². The number of nitrogens with zero attached hydrogens (tertiary/aromatic N) is 2. The fourth-order valence-corrected chi connectivity index (χ4v) is 2.31. The quantitative estimate of drug-likeness (QED) is 0.762. The monoisotopic (exact) mass is 274 g/mol. The Hall–Kier alpha value is -2.41. The SMILES string of the molecule is O=C(NCc1ncc[nH]1)c1csc(-c2ccco2)n1. The number of H-pyrrole nitrogens is 1. The van der Waals surface area contributed by atoms with Crippen LogP contribution in [0.2, 0.25) is 0 Å². The number of furan rings is 1. The first-order valence-corrected chi connectivity index (χ1v) is 6.47. The van der Waals surface area contributed by atoms with E-state index in [4.69, 9.17) is 4.42 Å². The van der Waals surface area contributed by atoms with Crippen molar-refractivity contribution in [2.24, 2.45) is 0 Å². The third-order valence-electron chi connectivity index (χ3n) is 2.44. The molecule has 2 N–H and O–H groups in total. The lowest BCUT2D eigenvalue weighted by Crippen LogP contribution is -2.23. The highest BCUT2D eigenvalue weighted by Crippen LogP contribution is 2.23. The zero-order chi connectivity index (χ0) is 13.1. The molecule has 0 aliphatic carbocycles. The van der Waals surface area contributed by atoms with Gasteiger partial charge in [0.1, 0.15) is 11.5 Å². The number of thiazole rings is 1. The maximum atomic E-state index is 11.9. The van der Waals surface area contributed by atoms with Gasteiger partial charge in [-0.3, -0.25) is 4.79 Å². The van der Waals surface area contributed by atoms with Gasteiger partial charge in [0, 0.05) is 17.8 Å². The van der Waals surface area contributed by atoms with Crippen molar-refractivity contribution in [3.05, 3.63) is 47.7 Å². The Kier molecular flexibility index (Phi) is 3.11. The summed E-state index contributed by atoms with van der Waals surface area (Å²) in [5.41, 5.74) is 0.378. The second kappa shape index (κ2) is 5.07. The molecule has 0 fully saturated rings. The van der Waals surface area contributed by atoms with Crippen molar-refractivity contribution >= 4 is 17.2 Å². The predicted octanol–water partition coefficient (Wildman–Crippen LogP) is 2.06. The zero-order valence-corrected chi connectivity index (χ0v) is 10.6. The molecule has 0 bridgehead atoms. The van der Waals surface area contributed by atoms with Crippen LogP contribution in [-0.2, 0) is 6.54 Å². The number of rotatable bonds is 4. The van der Waals surface area contributed by atoms with Crippen molar-refractivity contribution < 1.29 is 9.21 Å². The third kappa shape index (κ3) is 2.55. The van der Waals surface area contributed by atoms with Gasteiger partial charge >= 0.3 is 0 Å². The number of carbonyl (C=O) groups excluding carboxylic acids is 1.